The second kappa shape index (κ2) is 9.71. The normalized spacial score (nSPS) is 16.6. The van der Waals surface area contributed by atoms with Crippen LogP contribution in [0.5, 0.6) is 11.5 Å². The largest absolute Gasteiger partial charge is 0.496 e. The Morgan fingerprint density at radius 2 is 1.95 bits per heavy atom. The summed E-state index contributed by atoms with van der Waals surface area (Å²) in [6, 6.07) is 5.56. The first kappa shape index (κ1) is 24.9. The van der Waals surface area contributed by atoms with Crippen LogP contribution in [0.4, 0.5) is 0 Å². The Kier molecular flexibility index (Phi) is 6.36. The summed E-state index contributed by atoms with van der Waals surface area (Å²) in [5.74, 6) is 3.50. The lowest BCUT2D eigenvalue weighted by molar-refractivity contribution is 0.301. The molecule has 11 nitrogen and oxygen atoms in total. The molecule has 2 aliphatic rings. The number of sulfonamides is 1. The number of nitrogens with zero attached hydrogens (tertiary/aromatic N) is 5. The molecule has 0 spiro atoms. The minimum absolute atomic E-state index is 0.257. The fourth-order valence-corrected chi connectivity index (χ4v) is 6.60. The Balaban J connectivity index is 1.19. The molecule has 0 aliphatic carbocycles. The number of thiazole rings is 1. The zero-order chi connectivity index (χ0) is 26.4. The van der Waals surface area contributed by atoms with Crippen LogP contribution in [-0.4, -0.2) is 66.8 Å². The van der Waals surface area contributed by atoms with Crippen molar-refractivity contribution in [2.45, 2.75) is 31.8 Å². The first-order valence-electron chi connectivity index (χ1n) is 12.1. The van der Waals surface area contributed by atoms with Crippen LogP contribution < -0.4 is 9.47 Å². The van der Waals surface area contributed by atoms with Crippen molar-refractivity contribution in [2.75, 3.05) is 33.6 Å². The van der Waals surface area contributed by atoms with Crippen molar-refractivity contribution < 1.29 is 27.0 Å². The van der Waals surface area contributed by atoms with E-state index < -0.39 is 10.0 Å². The fourth-order valence-electron chi connectivity index (χ4n) is 4.75. The second-order valence-electron chi connectivity index (χ2n) is 9.31. The molecule has 1 aromatic carbocycles. The first-order chi connectivity index (χ1) is 18.3. The topological polar surface area (TPSA) is 121 Å². The van der Waals surface area contributed by atoms with E-state index in [1.807, 2.05) is 29.8 Å². The van der Waals surface area contributed by atoms with Gasteiger partial charge in [-0.25, -0.2) is 27.4 Å². The number of hydrogen-bond acceptors (Lipinski definition) is 10. The maximum Gasteiger partial charge on any atom is 0.214 e. The Labute approximate surface area is 223 Å². The zero-order valence-electron chi connectivity index (χ0n) is 21.2. The van der Waals surface area contributed by atoms with E-state index >= 15 is 0 Å². The fraction of sp³-hybridized carbons (Fsp3) is 0.400. The SMILES string of the molecule is COC1=Nn2cc(-c3cc4c(OCc5csc(C6CCN(S(C)(=O)=O)CC6)n5)cc(OC)cc4o3)nc2C1. The molecule has 200 valence electrons. The monoisotopic (exact) mass is 557 g/mol. The van der Waals surface area contributed by atoms with Crippen LogP contribution in [-0.2, 0) is 27.8 Å². The summed E-state index contributed by atoms with van der Waals surface area (Å²) in [6.45, 7) is 1.34. The van der Waals surface area contributed by atoms with Crippen LogP contribution >= 0.6 is 11.3 Å². The molecule has 38 heavy (non-hydrogen) atoms. The quantitative estimate of drug-likeness (QED) is 0.336. The van der Waals surface area contributed by atoms with E-state index in [0.717, 1.165) is 34.8 Å². The zero-order valence-corrected chi connectivity index (χ0v) is 22.8. The summed E-state index contributed by atoms with van der Waals surface area (Å²) in [6.07, 6.45) is 5.15. The number of furan rings is 1. The smallest absolute Gasteiger partial charge is 0.214 e. The van der Waals surface area contributed by atoms with Crippen molar-refractivity contribution in [3.05, 3.63) is 46.3 Å². The molecule has 6 rings (SSSR count). The Bertz CT molecular complexity index is 1630. The van der Waals surface area contributed by atoms with Crippen LogP contribution in [0, 0.1) is 0 Å². The number of aromatic nitrogens is 3. The highest BCUT2D eigenvalue weighted by atomic mass is 32.2. The van der Waals surface area contributed by atoms with Crippen molar-refractivity contribution in [3.63, 3.8) is 0 Å². The molecule has 13 heteroatoms. The highest BCUT2D eigenvalue weighted by Gasteiger charge is 2.27. The van der Waals surface area contributed by atoms with Crippen LogP contribution in [0.25, 0.3) is 22.4 Å². The van der Waals surface area contributed by atoms with Crippen molar-refractivity contribution in [2.24, 2.45) is 5.10 Å². The van der Waals surface area contributed by atoms with Crippen molar-refractivity contribution in [1.82, 2.24) is 18.9 Å². The third-order valence-electron chi connectivity index (χ3n) is 6.80. The molecule has 2 aliphatic heterocycles. The molecule has 1 fully saturated rings. The van der Waals surface area contributed by atoms with Crippen LogP contribution in [0.2, 0.25) is 0 Å². The van der Waals surface area contributed by atoms with Gasteiger partial charge in [0.05, 0.1) is 49.2 Å². The van der Waals surface area contributed by atoms with Gasteiger partial charge in [0.2, 0.25) is 15.9 Å². The minimum Gasteiger partial charge on any atom is -0.496 e. The number of methoxy groups -OCH3 is 2. The van der Waals surface area contributed by atoms with Gasteiger partial charge in [-0.05, 0) is 18.9 Å². The van der Waals surface area contributed by atoms with Gasteiger partial charge >= 0.3 is 0 Å². The third-order valence-corrected chi connectivity index (χ3v) is 9.16. The molecule has 0 atom stereocenters. The van der Waals surface area contributed by atoms with E-state index in [4.69, 9.17) is 23.6 Å². The van der Waals surface area contributed by atoms with Crippen LogP contribution in [0.1, 0.15) is 35.3 Å². The number of ether oxygens (including phenoxy) is 3. The van der Waals surface area contributed by atoms with E-state index in [0.29, 0.717) is 53.9 Å². The molecule has 0 amide bonds. The molecule has 4 aromatic rings. The standard InChI is InChI=1S/C25H27N5O6S2/c1-33-17-8-20(35-13-16-14-37-25(26-16)15-4-6-29(7-5-15)38(3,31)32)18-10-22(36-21(18)9-17)19-12-30-23(27-19)11-24(28-30)34-2/h8-10,12,14-15H,4-7,11,13H2,1-3H3. The van der Waals surface area contributed by atoms with E-state index in [9.17, 15) is 8.42 Å². The van der Waals surface area contributed by atoms with E-state index in [1.54, 1.807) is 30.2 Å². The van der Waals surface area contributed by atoms with Crippen molar-refractivity contribution in [1.29, 1.82) is 0 Å². The van der Waals surface area contributed by atoms with Crippen LogP contribution in [0.15, 0.2) is 39.3 Å². The molecule has 0 radical (unpaired) electrons. The molecule has 0 bridgehead atoms. The second-order valence-corrected chi connectivity index (χ2v) is 12.2. The number of fused-ring (bicyclic) bond motifs is 2. The summed E-state index contributed by atoms with van der Waals surface area (Å²) in [7, 11) is 0.0479. The van der Waals surface area contributed by atoms with Gasteiger partial charge in [-0.3, -0.25) is 0 Å². The lowest BCUT2D eigenvalue weighted by atomic mass is 9.99. The van der Waals surface area contributed by atoms with Gasteiger partial charge in [-0.15, -0.1) is 16.4 Å². The molecule has 5 heterocycles. The highest BCUT2D eigenvalue weighted by molar-refractivity contribution is 7.88. The highest BCUT2D eigenvalue weighted by Crippen LogP contribution is 2.38. The maximum absolute atomic E-state index is 11.8. The molecule has 0 N–H and O–H groups in total. The first-order valence-corrected chi connectivity index (χ1v) is 14.9. The predicted molar refractivity (Wildman–Crippen MR) is 142 cm³/mol. The number of imidazole rings is 1. The Morgan fingerprint density at radius 1 is 1.13 bits per heavy atom. The van der Waals surface area contributed by atoms with E-state index in [1.165, 1.54) is 10.6 Å². The lowest BCUT2D eigenvalue weighted by Crippen LogP contribution is -2.37. The van der Waals surface area contributed by atoms with Gasteiger partial charge in [-0.1, -0.05) is 0 Å². The summed E-state index contributed by atoms with van der Waals surface area (Å²) in [4.78, 5) is 9.43. The molecule has 0 saturated carbocycles. The van der Waals surface area contributed by atoms with Gasteiger partial charge in [0.1, 0.15) is 35.2 Å². The predicted octanol–water partition coefficient (Wildman–Crippen LogP) is 3.84. The van der Waals surface area contributed by atoms with Gasteiger partial charge in [0.15, 0.2) is 5.76 Å². The molecular weight excluding hydrogens is 530 g/mol. The molecule has 0 unspecified atom stereocenters. The van der Waals surface area contributed by atoms with Crippen molar-refractivity contribution >= 4 is 38.2 Å². The van der Waals surface area contributed by atoms with Gasteiger partial charge < -0.3 is 18.6 Å². The average Bonchev–Trinajstić information content (AvgIpc) is 3.69. The summed E-state index contributed by atoms with van der Waals surface area (Å²) in [5.41, 5.74) is 2.12. The number of piperidine rings is 1. The summed E-state index contributed by atoms with van der Waals surface area (Å²) in [5, 5.41) is 8.18. The Morgan fingerprint density at radius 3 is 2.66 bits per heavy atom. The number of hydrogen-bond donors (Lipinski definition) is 0. The maximum atomic E-state index is 11.8. The summed E-state index contributed by atoms with van der Waals surface area (Å²) < 4.78 is 49.8. The minimum atomic E-state index is -3.15. The number of benzene rings is 1. The molecular formula is C25H27N5O6S2. The van der Waals surface area contributed by atoms with E-state index in [-0.39, 0.29) is 12.5 Å². The Hall–Kier alpha value is -3.42. The summed E-state index contributed by atoms with van der Waals surface area (Å²) >= 11 is 1.59. The molecule has 1 saturated heterocycles. The van der Waals surface area contributed by atoms with Gasteiger partial charge in [-0.2, -0.15) is 0 Å². The van der Waals surface area contributed by atoms with Gasteiger partial charge in [0.25, 0.3) is 0 Å². The number of rotatable bonds is 7. The van der Waals surface area contributed by atoms with Crippen LogP contribution in [0.3, 0.4) is 0 Å². The lowest BCUT2D eigenvalue weighted by Gasteiger charge is -2.29. The van der Waals surface area contributed by atoms with E-state index in [2.05, 4.69) is 10.1 Å². The molecule has 3 aromatic heterocycles. The van der Waals surface area contributed by atoms with Gasteiger partial charge in [0, 0.05) is 36.5 Å². The third kappa shape index (κ3) is 4.76. The average molecular weight is 558 g/mol. The van der Waals surface area contributed by atoms with Crippen molar-refractivity contribution in [3.8, 4) is 23.0 Å².